The maximum Gasteiger partial charge on any atom is 0.338 e. The summed E-state index contributed by atoms with van der Waals surface area (Å²) in [5.74, 6) is -2.30. The van der Waals surface area contributed by atoms with Crippen molar-refractivity contribution in [2.24, 2.45) is 0 Å². The van der Waals surface area contributed by atoms with Crippen molar-refractivity contribution in [3.63, 3.8) is 0 Å². The van der Waals surface area contributed by atoms with E-state index in [1.165, 1.54) is 24.3 Å². The first-order valence-electron chi connectivity index (χ1n) is 11.9. The molecule has 1 aliphatic rings. The number of unbranched alkanes of at least 4 members (excludes halogenated alkanes) is 1. The van der Waals surface area contributed by atoms with Crippen LogP contribution < -0.4 is 15.5 Å². The molecule has 1 aliphatic heterocycles. The van der Waals surface area contributed by atoms with Gasteiger partial charge in [0.1, 0.15) is 10.7 Å². The summed E-state index contributed by atoms with van der Waals surface area (Å²) < 4.78 is 5.18. The number of anilines is 3. The van der Waals surface area contributed by atoms with Crippen molar-refractivity contribution in [3.8, 4) is 0 Å². The summed E-state index contributed by atoms with van der Waals surface area (Å²) in [6.45, 7) is 2.36. The van der Waals surface area contributed by atoms with Gasteiger partial charge in [-0.1, -0.05) is 54.2 Å². The molecule has 8 nitrogen and oxygen atoms in total. The van der Waals surface area contributed by atoms with E-state index in [4.69, 9.17) is 39.5 Å². The third-order valence-electron chi connectivity index (χ3n) is 5.64. The molecule has 0 radical (unpaired) electrons. The van der Waals surface area contributed by atoms with E-state index in [0.717, 1.165) is 17.7 Å². The van der Waals surface area contributed by atoms with Crippen LogP contribution in [0.3, 0.4) is 0 Å². The quantitative estimate of drug-likeness (QED) is 0.165. The highest BCUT2D eigenvalue weighted by atomic mass is 35.5. The molecule has 11 heteroatoms. The van der Waals surface area contributed by atoms with Crippen LogP contribution in [0.2, 0.25) is 10.0 Å². The largest absolute Gasteiger partial charge is 0.462 e. The Kier molecular flexibility index (Phi) is 8.91. The van der Waals surface area contributed by atoms with E-state index in [2.05, 4.69) is 10.6 Å². The van der Waals surface area contributed by atoms with Crippen LogP contribution in [0.25, 0.3) is 0 Å². The van der Waals surface area contributed by atoms with Crippen LogP contribution in [0.5, 0.6) is 0 Å². The number of imide groups is 1. The molecular formula is C28H22Cl3N3O5. The van der Waals surface area contributed by atoms with Gasteiger partial charge >= 0.3 is 5.97 Å². The predicted molar refractivity (Wildman–Crippen MR) is 151 cm³/mol. The maximum atomic E-state index is 13.1. The highest BCUT2D eigenvalue weighted by Gasteiger charge is 2.39. The predicted octanol–water partition coefficient (Wildman–Crippen LogP) is 6.64. The van der Waals surface area contributed by atoms with E-state index in [-0.39, 0.29) is 32.0 Å². The fourth-order valence-corrected chi connectivity index (χ4v) is 4.41. The van der Waals surface area contributed by atoms with Gasteiger partial charge in [0.15, 0.2) is 0 Å². The normalized spacial score (nSPS) is 13.1. The van der Waals surface area contributed by atoms with E-state index >= 15 is 0 Å². The van der Waals surface area contributed by atoms with Gasteiger partial charge in [-0.15, -0.1) is 0 Å². The Hall–Kier alpha value is -3.85. The van der Waals surface area contributed by atoms with Crippen LogP contribution in [0, 0.1) is 0 Å². The van der Waals surface area contributed by atoms with E-state index in [1.807, 2.05) is 6.92 Å². The molecule has 200 valence electrons. The smallest absolute Gasteiger partial charge is 0.338 e. The Morgan fingerprint density at radius 1 is 0.846 bits per heavy atom. The van der Waals surface area contributed by atoms with Crippen molar-refractivity contribution in [3.05, 3.63) is 98.6 Å². The highest BCUT2D eigenvalue weighted by molar-refractivity contribution is 6.53. The SMILES string of the molecule is CCCCOC(=O)c1ccc(NC(=O)c2cccc(NC3=C(Cl)C(=O)N(c4cc(Cl)cc(Cl)c4)C3=O)c2)cc1. The lowest BCUT2D eigenvalue weighted by atomic mass is 10.1. The molecule has 0 atom stereocenters. The van der Waals surface area contributed by atoms with Crippen LogP contribution in [-0.4, -0.2) is 30.3 Å². The number of amides is 3. The van der Waals surface area contributed by atoms with Crippen LogP contribution in [0.4, 0.5) is 17.1 Å². The number of carbonyl (C=O) groups excluding carboxylic acids is 4. The zero-order valence-electron chi connectivity index (χ0n) is 20.6. The van der Waals surface area contributed by atoms with Crippen LogP contribution in [0.15, 0.2) is 77.5 Å². The molecular weight excluding hydrogens is 565 g/mol. The lowest BCUT2D eigenvalue weighted by Crippen LogP contribution is -2.32. The average Bonchev–Trinajstić information content (AvgIpc) is 3.11. The van der Waals surface area contributed by atoms with E-state index in [9.17, 15) is 19.2 Å². The number of rotatable bonds is 9. The summed E-state index contributed by atoms with van der Waals surface area (Å²) in [5.41, 5.74) is 1.50. The zero-order chi connectivity index (χ0) is 28.1. The second-order valence-corrected chi connectivity index (χ2v) is 9.74. The summed E-state index contributed by atoms with van der Waals surface area (Å²) in [4.78, 5) is 51.6. The Balaban J connectivity index is 1.44. The summed E-state index contributed by atoms with van der Waals surface area (Å²) in [5, 5.41) is 5.76. The number of hydrogen-bond donors (Lipinski definition) is 2. The third kappa shape index (κ3) is 6.60. The number of benzene rings is 3. The summed E-state index contributed by atoms with van der Waals surface area (Å²) in [6.07, 6.45) is 1.71. The Labute approximate surface area is 239 Å². The maximum absolute atomic E-state index is 13.1. The standard InChI is InChI=1S/C28H22Cl3N3O5/c1-2-3-11-39-28(38)16-7-9-20(10-8-16)33-25(35)17-5-4-6-21(12-17)32-24-23(31)26(36)34(27(24)37)22-14-18(29)13-19(30)15-22/h4-10,12-15,32H,2-3,11H2,1H3,(H,33,35). The fraction of sp³-hybridized carbons (Fsp3) is 0.143. The number of esters is 1. The van der Waals surface area contributed by atoms with Gasteiger partial charge in [-0.05, 0) is 67.1 Å². The first-order chi connectivity index (χ1) is 18.7. The summed E-state index contributed by atoms with van der Waals surface area (Å²) in [7, 11) is 0. The van der Waals surface area contributed by atoms with Gasteiger partial charge < -0.3 is 15.4 Å². The van der Waals surface area contributed by atoms with Crippen molar-refractivity contribution in [1.29, 1.82) is 0 Å². The third-order valence-corrected chi connectivity index (χ3v) is 6.42. The molecule has 4 rings (SSSR count). The lowest BCUT2D eigenvalue weighted by Gasteiger charge is -2.16. The Morgan fingerprint density at radius 2 is 1.54 bits per heavy atom. The molecule has 0 saturated heterocycles. The van der Waals surface area contributed by atoms with Gasteiger partial charge in [0.05, 0.1) is 17.9 Å². The second kappa shape index (κ2) is 12.3. The van der Waals surface area contributed by atoms with Crippen molar-refractivity contribution in [2.75, 3.05) is 22.1 Å². The number of nitrogens with zero attached hydrogens (tertiary/aromatic N) is 1. The monoisotopic (exact) mass is 585 g/mol. The van der Waals surface area contributed by atoms with Gasteiger partial charge in [-0.2, -0.15) is 0 Å². The molecule has 1 heterocycles. The molecule has 3 aromatic carbocycles. The molecule has 0 unspecified atom stereocenters. The lowest BCUT2D eigenvalue weighted by molar-refractivity contribution is -0.120. The fourth-order valence-electron chi connectivity index (χ4n) is 3.68. The first-order valence-corrected chi connectivity index (χ1v) is 13.0. The van der Waals surface area contributed by atoms with Gasteiger partial charge in [0, 0.05) is 27.0 Å². The number of hydrogen-bond acceptors (Lipinski definition) is 6. The van der Waals surface area contributed by atoms with Gasteiger partial charge in [-0.25, -0.2) is 9.69 Å². The molecule has 0 spiro atoms. The van der Waals surface area contributed by atoms with E-state index in [1.54, 1.807) is 42.5 Å². The van der Waals surface area contributed by atoms with Crippen LogP contribution >= 0.6 is 34.8 Å². The summed E-state index contributed by atoms with van der Waals surface area (Å²) in [6, 6.07) is 16.9. The molecule has 0 saturated carbocycles. The van der Waals surface area contributed by atoms with Crippen LogP contribution in [-0.2, 0) is 14.3 Å². The Bertz CT molecular complexity index is 1470. The van der Waals surface area contributed by atoms with E-state index < -0.39 is 23.7 Å². The molecule has 3 amide bonds. The molecule has 2 N–H and O–H groups in total. The molecule has 3 aromatic rings. The van der Waals surface area contributed by atoms with Crippen molar-refractivity contribution < 1.29 is 23.9 Å². The number of carbonyl (C=O) groups is 4. The molecule has 0 fully saturated rings. The molecule has 0 aliphatic carbocycles. The average molecular weight is 587 g/mol. The highest BCUT2D eigenvalue weighted by Crippen LogP contribution is 2.33. The second-order valence-electron chi connectivity index (χ2n) is 8.49. The van der Waals surface area contributed by atoms with Gasteiger partial charge in [0.2, 0.25) is 0 Å². The number of nitrogens with one attached hydrogen (secondary N) is 2. The topological polar surface area (TPSA) is 105 Å². The minimum Gasteiger partial charge on any atom is -0.462 e. The van der Waals surface area contributed by atoms with Gasteiger partial charge in [-0.3, -0.25) is 14.4 Å². The first kappa shape index (κ1) is 28.2. The zero-order valence-corrected chi connectivity index (χ0v) is 22.9. The minimum atomic E-state index is -0.742. The van der Waals surface area contributed by atoms with Gasteiger partial charge in [0.25, 0.3) is 17.7 Å². The Morgan fingerprint density at radius 3 is 2.21 bits per heavy atom. The molecule has 39 heavy (non-hydrogen) atoms. The molecule has 0 bridgehead atoms. The summed E-state index contributed by atoms with van der Waals surface area (Å²) >= 11 is 18.2. The minimum absolute atomic E-state index is 0.156. The number of halogens is 3. The van der Waals surface area contributed by atoms with Crippen molar-refractivity contribution in [1.82, 2.24) is 0 Å². The van der Waals surface area contributed by atoms with Crippen molar-refractivity contribution in [2.45, 2.75) is 19.8 Å². The molecule has 0 aromatic heterocycles. The number of ether oxygens (including phenoxy) is 1. The van der Waals surface area contributed by atoms with E-state index in [0.29, 0.717) is 23.5 Å². The van der Waals surface area contributed by atoms with Crippen molar-refractivity contribution >= 4 is 75.6 Å². The van der Waals surface area contributed by atoms with Crippen LogP contribution in [0.1, 0.15) is 40.5 Å².